The third-order valence-electron chi connectivity index (χ3n) is 2.57. The van der Waals surface area contributed by atoms with Crippen LogP contribution in [0.5, 0.6) is 0 Å². The normalized spacial score (nSPS) is 18.4. The van der Waals surface area contributed by atoms with E-state index >= 15 is 0 Å². The topological polar surface area (TPSA) is 32.3 Å². The molecule has 2 nitrogen and oxygen atoms in total. The number of hydrogen-bond acceptors (Lipinski definition) is 3. The predicted molar refractivity (Wildman–Crippen MR) is 59.7 cm³/mol. The lowest BCUT2D eigenvalue weighted by molar-refractivity contribution is 0.161. The van der Waals surface area contributed by atoms with Gasteiger partial charge in [-0.15, -0.1) is 0 Å². The minimum atomic E-state index is -0.185. The highest BCUT2D eigenvalue weighted by Gasteiger charge is 2.21. The van der Waals surface area contributed by atoms with Crippen LogP contribution in [0.2, 0.25) is 0 Å². The first kappa shape index (κ1) is 10.1. The van der Waals surface area contributed by atoms with E-state index in [1.54, 1.807) is 11.3 Å². The van der Waals surface area contributed by atoms with Crippen molar-refractivity contribution < 1.29 is 5.11 Å². The maximum absolute atomic E-state index is 9.67. The Hall–Kier alpha value is -0.380. The van der Waals surface area contributed by atoms with Gasteiger partial charge >= 0.3 is 0 Å². The fourth-order valence-electron chi connectivity index (χ4n) is 1.46. The molecule has 0 aromatic carbocycles. The molecule has 0 radical (unpaired) electrons. The SMILES string of the molecule is OC(CCc1ccsc1)CNC1CC1. The summed E-state index contributed by atoms with van der Waals surface area (Å²) >= 11 is 1.72. The van der Waals surface area contributed by atoms with E-state index in [1.165, 1.54) is 18.4 Å². The number of aryl methyl sites for hydroxylation is 1. The van der Waals surface area contributed by atoms with Gasteiger partial charge in [0.15, 0.2) is 0 Å². The molecule has 1 aromatic rings. The molecule has 1 heterocycles. The summed E-state index contributed by atoms with van der Waals surface area (Å²) in [6.45, 7) is 0.759. The maximum Gasteiger partial charge on any atom is 0.0667 e. The summed E-state index contributed by atoms with van der Waals surface area (Å²) in [7, 11) is 0. The molecule has 0 aliphatic heterocycles. The molecule has 2 rings (SSSR count). The van der Waals surface area contributed by atoms with Gasteiger partial charge < -0.3 is 10.4 Å². The predicted octanol–water partition coefficient (Wildman–Crippen LogP) is 1.79. The Kier molecular flexibility index (Phi) is 3.56. The van der Waals surface area contributed by atoms with Gasteiger partial charge in [0.05, 0.1) is 6.10 Å². The van der Waals surface area contributed by atoms with Crippen molar-refractivity contribution in [2.75, 3.05) is 6.54 Å². The average molecular weight is 211 g/mol. The van der Waals surface area contributed by atoms with Crippen molar-refractivity contribution in [3.05, 3.63) is 22.4 Å². The number of rotatable bonds is 6. The zero-order valence-corrected chi connectivity index (χ0v) is 9.09. The van der Waals surface area contributed by atoms with Crippen LogP contribution in [0.1, 0.15) is 24.8 Å². The van der Waals surface area contributed by atoms with E-state index < -0.39 is 0 Å². The highest BCUT2D eigenvalue weighted by Crippen LogP contribution is 2.18. The van der Waals surface area contributed by atoms with Crippen molar-refractivity contribution in [1.82, 2.24) is 5.32 Å². The molecule has 0 spiro atoms. The van der Waals surface area contributed by atoms with Gasteiger partial charge in [0.1, 0.15) is 0 Å². The Labute approximate surface area is 89.0 Å². The summed E-state index contributed by atoms with van der Waals surface area (Å²) < 4.78 is 0. The van der Waals surface area contributed by atoms with Crippen LogP contribution in [0, 0.1) is 0 Å². The highest BCUT2D eigenvalue weighted by atomic mass is 32.1. The quantitative estimate of drug-likeness (QED) is 0.752. The van der Waals surface area contributed by atoms with E-state index in [4.69, 9.17) is 0 Å². The first-order valence-electron chi connectivity index (χ1n) is 5.27. The van der Waals surface area contributed by atoms with Crippen molar-refractivity contribution in [3.8, 4) is 0 Å². The second kappa shape index (κ2) is 4.91. The van der Waals surface area contributed by atoms with Crippen molar-refractivity contribution in [2.24, 2.45) is 0 Å². The molecule has 1 aliphatic carbocycles. The van der Waals surface area contributed by atoms with Gasteiger partial charge in [-0.2, -0.15) is 11.3 Å². The highest BCUT2D eigenvalue weighted by molar-refractivity contribution is 7.07. The molecule has 0 bridgehead atoms. The van der Waals surface area contributed by atoms with Crippen LogP contribution in [0.3, 0.4) is 0 Å². The Morgan fingerprint density at radius 2 is 2.43 bits per heavy atom. The molecule has 2 N–H and O–H groups in total. The van der Waals surface area contributed by atoms with Crippen LogP contribution >= 0.6 is 11.3 Å². The fraction of sp³-hybridized carbons (Fsp3) is 0.636. The van der Waals surface area contributed by atoms with Gasteiger partial charge in [-0.25, -0.2) is 0 Å². The van der Waals surface area contributed by atoms with Gasteiger partial charge in [-0.3, -0.25) is 0 Å². The standard InChI is InChI=1S/C11H17NOS/c13-11(7-12-10-2-3-10)4-1-9-5-6-14-8-9/h5-6,8,10-13H,1-4,7H2. The molecular formula is C11H17NOS. The molecule has 1 fully saturated rings. The van der Waals surface area contributed by atoms with E-state index in [1.807, 2.05) is 0 Å². The number of thiophene rings is 1. The number of hydrogen-bond donors (Lipinski definition) is 2. The summed E-state index contributed by atoms with van der Waals surface area (Å²) in [5.41, 5.74) is 1.35. The first-order valence-corrected chi connectivity index (χ1v) is 6.21. The minimum absolute atomic E-state index is 0.185. The van der Waals surface area contributed by atoms with Crippen LogP contribution in [0.15, 0.2) is 16.8 Å². The molecule has 1 unspecified atom stereocenters. The summed E-state index contributed by atoms with van der Waals surface area (Å²) in [4.78, 5) is 0. The zero-order chi connectivity index (χ0) is 9.80. The summed E-state index contributed by atoms with van der Waals surface area (Å²) in [5.74, 6) is 0. The van der Waals surface area contributed by atoms with E-state index in [2.05, 4.69) is 22.1 Å². The Morgan fingerprint density at radius 1 is 1.57 bits per heavy atom. The smallest absolute Gasteiger partial charge is 0.0667 e. The van der Waals surface area contributed by atoms with Gasteiger partial charge in [0.2, 0.25) is 0 Å². The minimum Gasteiger partial charge on any atom is -0.392 e. The molecule has 0 saturated heterocycles. The maximum atomic E-state index is 9.67. The zero-order valence-electron chi connectivity index (χ0n) is 8.28. The Morgan fingerprint density at radius 3 is 3.07 bits per heavy atom. The molecule has 1 aromatic heterocycles. The largest absolute Gasteiger partial charge is 0.392 e. The average Bonchev–Trinajstić information content (AvgIpc) is 2.87. The third-order valence-corrected chi connectivity index (χ3v) is 3.30. The van der Waals surface area contributed by atoms with Crippen molar-refractivity contribution in [3.63, 3.8) is 0 Å². The van der Waals surface area contributed by atoms with Gasteiger partial charge in [0, 0.05) is 12.6 Å². The summed E-state index contributed by atoms with van der Waals surface area (Å²) in [6, 6.07) is 2.83. The fourth-order valence-corrected chi connectivity index (χ4v) is 2.16. The van der Waals surface area contributed by atoms with Crippen LogP contribution in [0.25, 0.3) is 0 Å². The van der Waals surface area contributed by atoms with Gasteiger partial charge in [-0.1, -0.05) is 0 Å². The summed E-state index contributed by atoms with van der Waals surface area (Å²) in [6.07, 6.45) is 4.26. The monoisotopic (exact) mass is 211 g/mol. The first-order chi connectivity index (χ1) is 6.84. The van der Waals surface area contributed by atoms with Gasteiger partial charge in [-0.05, 0) is 48.1 Å². The second-order valence-electron chi connectivity index (χ2n) is 4.01. The molecule has 1 aliphatic rings. The molecule has 78 valence electrons. The van der Waals surface area contributed by atoms with Crippen molar-refractivity contribution in [2.45, 2.75) is 37.8 Å². The summed E-state index contributed by atoms with van der Waals surface area (Å²) in [5, 5.41) is 17.2. The Balaban J connectivity index is 1.59. The van der Waals surface area contributed by atoms with Crippen LogP contribution < -0.4 is 5.32 Å². The number of aliphatic hydroxyl groups excluding tert-OH is 1. The lowest BCUT2D eigenvalue weighted by atomic mass is 10.1. The molecular weight excluding hydrogens is 194 g/mol. The van der Waals surface area contributed by atoms with Crippen molar-refractivity contribution in [1.29, 1.82) is 0 Å². The second-order valence-corrected chi connectivity index (χ2v) is 4.79. The van der Waals surface area contributed by atoms with Crippen LogP contribution in [-0.4, -0.2) is 23.8 Å². The Bertz CT molecular complexity index is 256. The van der Waals surface area contributed by atoms with E-state index in [0.29, 0.717) is 6.04 Å². The molecule has 1 atom stereocenters. The van der Waals surface area contributed by atoms with E-state index in [-0.39, 0.29) is 6.10 Å². The van der Waals surface area contributed by atoms with Crippen LogP contribution in [0.4, 0.5) is 0 Å². The molecule has 14 heavy (non-hydrogen) atoms. The molecule has 1 saturated carbocycles. The lowest BCUT2D eigenvalue weighted by Crippen LogP contribution is -2.28. The number of aliphatic hydroxyl groups is 1. The third kappa shape index (κ3) is 3.40. The van der Waals surface area contributed by atoms with Crippen molar-refractivity contribution >= 4 is 11.3 Å². The lowest BCUT2D eigenvalue weighted by Gasteiger charge is -2.10. The molecule has 3 heteroatoms. The van der Waals surface area contributed by atoms with Gasteiger partial charge in [0.25, 0.3) is 0 Å². The van der Waals surface area contributed by atoms with Crippen LogP contribution in [-0.2, 0) is 6.42 Å². The van der Waals surface area contributed by atoms with E-state index in [9.17, 15) is 5.11 Å². The van der Waals surface area contributed by atoms with E-state index in [0.717, 1.165) is 19.4 Å². The molecule has 0 amide bonds. The number of nitrogens with one attached hydrogen (secondary N) is 1.